The van der Waals surface area contributed by atoms with Crippen LogP contribution in [0.1, 0.15) is 12.8 Å². The summed E-state index contributed by atoms with van der Waals surface area (Å²) in [5.41, 5.74) is 0. The van der Waals surface area contributed by atoms with Crippen molar-refractivity contribution in [1.29, 1.82) is 0 Å². The third-order valence-corrected chi connectivity index (χ3v) is 1.61. The molecule has 1 atom stereocenters. The van der Waals surface area contributed by atoms with Crippen LogP contribution in [0, 0.1) is 0 Å². The van der Waals surface area contributed by atoms with E-state index in [-0.39, 0.29) is 11.2 Å². The van der Waals surface area contributed by atoms with Crippen LogP contribution < -0.4 is 0 Å². The summed E-state index contributed by atoms with van der Waals surface area (Å²) in [6, 6.07) is 0. The number of hydrogen-bond donors (Lipinski definition) is 0. The average Bonchev–Trinajstić information content (AvgIpc) is 1.77. The van der Waals surface area contributed by atoms with Gasteiger partial charge in [-0.2, -0.15) is 0 Å². The molecule has 2 heteroatoms. The maximum Gasteiger partial charge on any atom is 0.173 e. The molecule has 0 fully saturated rings. The van der Waals surface area contributed by atoms with Crippen molar-refractivity contribution in [1.82, 2.24) is 0 Å². The van der Waals surface area contributed by atoms with Gasteiger partial charge in [0.1, 0.15) is 0 Å². The van der Waals surface area contributed by atoms with E-state index in [9.17, 15) is 4.79 Å². The first-order valence-corrected chi connectivity index (χ1v) is 3.09. The van der Waals surface area contributed by atoms with Gasteiger partial charge < -0.3 is 0 Å². The van der Waals surface area contributed by atoms with E-state index in [1.807, 2.05) is 6.08 Å². The number of rotatable bonds is 0. The zero-order chi connectivity index (χ0) is 5.98. The summed E-state index contributed by atoms with van der Waals surface area (Å²) in [7, 11) is 0. The number of carbonyl (C=O) groups is 1. The van der Waals surface area contributed by atoms with Crippen molar-refractivity contribution in [2.75, 3.05) is 0 Å². The Hall–Kier alpha value is -0.300. The van der Waals surface area contributed by atoms with Crippen LogP contribution in [0.15, 0.2) is 12.2 Å². The van der Waals surface area contributed by atoms with Crippen molar-refractivity contribution in [3.63, 3.8) is 0 Å². The zero-order valence-corrected chi connectivity index (χ0v) is 5.19. The molecule has 0 aromatic carbocycles. The molecular weight excluding hydrogens is 124 g/mol. The highest BCUT2D eigenvalue weighted by molar-refractivity contribution is 6.33. The summed E-state index contributed by atoms with van der Waals surface area (Å²) in [4.78, 5) is 10.6. The predicted molar refractivity (Wildman–Crippen MR) is 33.0 cm³/mol. The molecule has 0 aliphatic heterocycles. The van der Waals surface area contributed by atoms with Crippen LogP contribution in [-0.4, -0.2) is 11.2 Å². The topological polar surface area (TPSA) is 17.1 Å². The SMILES string of the molecule is O=C1C=CCC[C@H]1Cl. The highest BCUT2D eigenvalue weighted by Gasteiger charge is 2.13. The molecular formula is C6H7ClO. The molecule has 0 amide bonds. The quantitative estimate of drug-likeness (QED) is 0.455. The number of allylic oxidation sites excluding steroid dienone is 2. The van der Waals surface area contributed by atoms with E-state index in [0.29, 0.717) is 0 Å². The lowest BCUT2D eigenvalue weighted by Crippen LogP contribution is -2.13. The monoisotopic (exact) mass is 130 g/mol. The summed E-state index contributed by atoms with van der Waals surface area (Å²) < 4.78 is 0. The maximum absolute atomic E-state index is 10.6. The average molecular weight is 131 g/mol. The molecule has 0 aromatic heterocycles. The minimum atomic E-state index is -0.250. The summed E-state index contributed by atoms with van der Waals surface area (Å²) >= 11 is 5.57. The molecule has 0 aromatic rings. The van der Waals surface area contributed by atoms with Gasteiger partial charge >= 0.3 is 0 Å². The Morgan fingerprint density at radius 3 is 2.88 bits per heavy atom. The minimum absolute atomic E-state index is 0.0536. The molecule has 1 nitrogen and oxygen atoms in total. The molecule has 0 unspecified atom stereocenters. The fourth-order valence-corrected chi connectivity index (χ4v) is 0.887. The number of hydrogen-bond acceptors (Lipinski definition) is 1. The summed E-state index contributed by atoms with van der Waals surface area (Å²) in [6.45, 7) is 0. The second kappa shape index (κ2) is 2.31. The van der Waals surface area contributed by atoms with Gasteiger partial charge in [-0.25, -0.2) is 0 Å². The van der Waals surface area contributed by atoms with Gasteiger partial charge in [0.2, 0.25) is 0 Å². The maximum atomic E-state index is 10.6. The summed E-state index contributed by atoms with van der Waals surface area (Å²) in [6.07, 6.45) is 5.17. The molecule has 1 aliphatic rings. The Balaban J connectivity index is 2.60. The van der Waals surface area contributed by atoms with Gasteiger partial charge in [-0.3, -0.25) is 4.79 Å². The minimum Gasteiger partial charge on any atom is -0.293 e. The van der Waals surface area contributed by atoms with Crippen LogP contribution in [0.25, 0.3) is 0 Å². The van der Waals surface area contributed by atoms with Crippen molar-refractivity contribution in [2.45, 2.75) is 18.2 Å². The fourth-order valence-electron chi connectivity index (χ4n) is 0.689. The second-order valence-electron chi connectivity index (χ2n) is 1.85. The first-order chi connectivity index (χ1) is 3.80. The molecule has 0 heterocycles. The normalized spacial score (nSPS) is 28.6. The van der Waals surface area contributed by atoms with Gasteiger partial charge in [-0.15, -0.1) is 11.6 Å². The highest BCUT2D eigenvalue weighted by Crippen LogP contribution is 2.12. The Labute approximate surface area is 53.3 Å². The summed E-state index contributed by atoms with van der Waals surface area (Å²) in [5, 5.41) is -0.250. The van der Waals surface area contributed by atoms with Crippen LogP contribution >= 0.6 is 11.6 Å². The predicted octanol–water partition coefficient (Wildman–Crippen LogP) is 1.51. The van der Waals surface area contributed by atoms with Gasteiger partial charge in [0.15, 0.2) is 5.78 Å². The third-order valence-electron chi connectivity index (χ3n) is 1.18. The van der Waals surface area contributed by atoms with Crippen molar-refractivity contribution >= 4 is 17.4 Å². The van der Waals surface area contributed by atoms with Gasteiger partial charge in [0.05, 0.1) is 5.38 Å². The van der Waals surface area contributed by atoms with Crippen molar-refractivity contribution in [3.8, 4) is 0 Å². The number of halogens is 1. The van der Waals surface area contributed by atoms with Gasteiger partial charge in [0, 0.05) is 0 Å². The lowest BCUT2D eigenvalue weighted by atomic mass is 10.1. The molecule has 1 rings (SSSR count). The number of carbonyl (C=O) groups excluding carboxylic acids is 1. The molecule has 0 saturated heterocycles. The lowest BCUT2D eigenvalue weighted by Gasteiger charge is -2.06. The van der Waals surface area contributed by atoms with E-state index in [4.69, 9.17) is 11.6 Å². The summed E-state index contributed by atoms with van der Waals surface area (Å²) in [5.74, 6) is 0.0536. The zero-order valence-electron chi connectivity index (χ0n) is 4.43. The van der Waals surface area contributed by atoms with Crippen LogP contribution in [0.5, 0.6) is 0 Å². The van der Waals surface area contributed by atoms with Crippen molar-refractivity contribution in [2.24, 2.45) is 0 Å². The Morgan fingerprint density at radius 1 is 1.75 bits per heavy atom. The van der Waals surface area contributed by atoms with Gasteiger partial charge in [0.25, 0.3) is 0 Å². The van der Waals surface area contributed by atoms with Crippen molar-refractivity contribution < 1.29 is 4.79 Å². The molecule has 0 radical (unpaired) electrons. The molecule has 0 bridgehead atoms. The number of alkyl halides is 1. The van der Waals surface area contributed by atoms with E-state index in [0.717, 1.165) is 12.8 Å². The smallest absolute Gasteiger partial charge is 0.173 e. The van der Waals surface area contributed by atoms with Crippen LogP contribution in [0.3, 0.4) is 0 Å². The van der Waals surface area contributed by atoms with E-state index in [2.05, 4.69) is 0 Å². The van der Waals surface area contributed by atoms with Crippen LogP contribution in [0.4, 0.5) is 0 Å². The molecule has 44 valence electrons. The first kappa shape index (κ1) is 5.83. The first-order valence-electron chi connectivity index (χ1n) is 2.65. The van der Waals surface area contributed by atoms with Crippen LogP contribution in [0.2, 0.25) is 0 Å². The van der Waals surface area contributed by atoms with E-state index in [1.165, 1.54) is 0 Å². The van der Waals surface area contributed by atoms with E-state index < -0.39 is 0 Å². The van der Waals surface area contributed by atoms with Crippen LogP contribution in [-0.2, 0) is 4.79 Å². The van der Waals surface area contributed by atoms with Gasteiger partial charge in [-0.1, -0.05) is 6.08 Å². The molecule has 0 saturated carbocycles. The third kappa shape index (κ3) is 1.10. The Morgan fingerprint density at radius 2 is 2.50 bits per heavy atom. The lowest BCUT2D eigenvalue weighted by molar-refractivity contribution is -0.114. The van der Waals surface area contributed by atoms with Crippen molar-refractivity contribution in [3.05, 3.63) is 12.2 Å². The second-order valence-corrected chi connectivity index (χ2v) is 2.38. The fraction of sp³-hybridized carbons (Fsp3) is 0.500. The van der Waals surface area contributed by atoms with E-state index >= 15 is 0 Å². The Bertz CT molecular complexity index is 128. The standard InChI is InChI=1S/C6H7ClO/c7-5-3-1-2-4-6(5)8/h2,4-5H,1,3H2/t5-/m1/s1. The van der Waals surface area contributed by atoms with Gasteiger partial charge in [-0.05, 0) is 18.9 Å². The number of ketones is 1. The molecule has 1 aliphatic carbocycles. The molecule has 0 N–H and O–H groups in total. The molecule has 8 heavy (non-hydrogen) atoms. The molecule has 0 spiro atoms. The van der Waals surface area contributed by atoms with E-state index in [1.54, 1.807) is 6.08 Å². The Kier molecular flexibility index (Phi) is 1.69. The largest absolute Gasteiger partial charge is 0.293 e. The highest BCUT2D eigenvalue weighted by atomic mass is 35.5.